The van der Waals surface area contributed by atoms with E-state index < -0.39 is 42.0 Å². The van der Waals surface area contributed by atoms with Crippen molar-refractivity contribution in [1.29, 1.82) is 0 Å². The molecule has 1 amide bonds. The average molecular weight is 343 g/mol. The number of nitrogens with zero attached hydrogens (tertiary/aromatic N) is 3. The van der Waals surface area contributed by atoms with Crippen LogP contribution in [0.2, 0.25) is 5.02 Å². The monoisotopic (exact) mass is 342 g/mol. The van der Waals surface area contributed by atoms with Crippen molar-refractivity contribution < 1.29 is 27.5 Å². The predicted octanol–water partition coefficient (Wildman–Crippen LogP) is 1.79. The van der Waals surface area contributed by atoms with Crippen LogP contribution in [0.1, 0.15) is 22.6 Å². The maximum absolute atomic E-state index is 13.1. The van der Waals surface area contributed by atoms with E-state index in [2.05, 4.69) is 5.10 Å². The van der Waals surface area contributed by atoms with Gasteiger partial charge in [-0.3, -0.25) is 14.9 Å². The fraction of sp³-hybridized carbons (Fsp3) is 0.455. The number of halogens is 5. The van der Waals surface area contributed by atoms with Gasteiger partial charge in [0.1, 0.15) is 5.70 Å². The zero-order chi connectivity index (χ0) is 16.8. The molecule has 0 spiro atoms. The molecule has 2 heterocycles. The Morgan fingerprint density at radius 1 is 1.50 bits per heavy atom. The van der Waals surface area contributed by atoms with Gasteiger partial charge in [-0.25, -0.2) is 13.8 Å². The summed E-state index contributed by atoms with van der Waals surface area (Å²) in [6.45, 7) is 1.52. The van der Waals surface area contributed by atoms with Crippen molar-refractivity contribution >= 4 is 17.5 Å². The molecule has 1 saturated heterocycles. The molecule has 22 heavy (non-hydrogen) atoms. The van der Waals surface area contributed by atoms with Crippen LogP contribution in [-0.4, -0.2) is 38.0 Å². The molecule has 1 aromatic rings. The van der Waals surface area contributed by atoms with Crippen LogP contribution >= 0.6 is 11.6 Å². The number of aryl methyl sites for hydroxylation is 1. The fourth-order valence-electron chi connectivity index (χ4n) is 1.95. The Bertz CT molecular complexity index is 659. The van der Waals surface area contributed by atoms with Crippen LogP contribution in [-0.2, 0) is 7.05 Å². The van der Waals surface area contributed by atoms with Crippen LogP contribution in [0.3, 0.4) is 0 Å². The van der Waals surface area contributed by atoms with Gasteiger partial charge in [-0.1, -0.05) is 11.6 Å². The number of aromatic nitrogens is 2. The van der Waals surface area contributed by atoms with Crippen molar-refractivity contribution in [2.24, 2.45) is 7.05 Å². The summed E-state index contributed by atoms with van der Waals surface area (Å²) in [6.07, 6.45) is -6.93. The number of alkyl halides is 2. The van der Waals surface area contributed by atoms with E-state index in [-0.39, 0.29) is 10.0 Å². The number of hydrogen-bond acceptors (Lipinski definition) is 4. The fourth-order valence-corrected chi connectivity index (χ4v) is 2.19. The lowest BCUT2D eigenvalue weighted by atomic mass is 10.1. The van der Waals surface area contributed by atoms with Crippen LogP contribution in [0.15, 0.2) is 11.8 Å². The summed E-state index contributed by atoms with van der Waals surface area (Å²) < 4.78 is 52.6. The first-order chi connectivity index (χ1) is 10.1. The number of hydrogen-bond donors (Lipinski definition) is 2. The predicted molar refractivity (Wildman–Crippen MR) is 67.1 cm³/mol. The van der Waals surface area contributed by atoms with Crippen molar-refractivity contribution in [2.45, 2.75) is 25.5 Å². The summed E-state index contributed by atoms with van der Waals surface area (Å²) >= 11 is 5.87. The molecule has 1 atom stereocenters. The Morgan fingerprint density at radius 2 is 2.09 bits per heavy atom. The van der Waals surface area contributed by atoms with Crippen LogP contribution in [0, 0.1) is 6.92 Å². The highest BCUT2D eigenvalue weighted by atomic mass is 35.5. The van der Waals surface area contributed by atoms with Gasteiger partial charge >= 0.3 is 0 Å². The quantitative estimate of drug-likeness (QED) is 0.804. The lowest BCUT2D eigenvalue weighted by molar-refractivity contribution is -0.168. The molecule has 6 nitrogen and oxygen atoms in total. The second-order valence-electron chi connectivity index (χ2n) is 4.72. The number of rotatable bonds is 2. The SMILES string of the molecule is Cc1c(Cl)c(C(=O)N2NC(=C(F)F)CC2(O)C(F)F)nn1C. The molecule has 0 saturated carbocycles. The Hall–Kier alpha value is -1.81. The highest BCUT2D eigenvalue weighted by molar-refractivity contribution is 6.34. The van der Waals surface area contributed by atoms with Crippen molar-refractivity contribution in [1.82, 2.24) is 20.2 Å². The van der Waals surface area contributed by atoms with Crippen molar-refractivity contribution in [2.75, 3.05) is 0 Å². The standard InChI is InChI=1S/C11H11ClF4N4O2/c1-4-6(12)7(18-19(4)2)9(21)20-11(22,10(15)16)3-5(17-20)8(13)14/h10,17,22H,3H2,1-2H3. The maximum Gasteiger partial charge on any atom is 0.297 e. The van der Waals surface area contributed by atoms with E-state index in [9.17, 15) is 27.5 Å². The molecule has 11 heteroatoms. The summed E-state index contributed by atoms with van der Waals surface area (Å²) in [6, 6.07) is 0. The zero-order valence-electron chi connectivity index (χ0n) is 11.4. The van der Waals surface area contributed by atoms with Crippen molar-refractivity contribution in [3.63, 3.8) is 0 Å². The first-order valence-corrected chi connectivity index (χ1v) is 6.32. The summed E-state index contributed by atoms with van der Waals surface area (Å²) in [5, 5.41) is 13.5. The Labute approximate surface area is 126 Å². The number of amides is 1. The van der Waals surface area contributed by atoms with Gasteiger partial charge in [-0.2, -0.15) is 13.9 Å². The maximum atomic E-state index is 13.1. The lowest BCUT2D eigenvalue weighted by Gasteiger charge is -2.30. The molecule has 122 valence electrons. The van der Waals surface area contributed by atoms with Gasteiger partial charge in [-0.05, 0) is 6.92 Å². The van der Waals surface area contributed by atoms with E-state index in [0.29, 0.717) is 5.69 Å². The minimum absolute atomic E-state index is 0.0276. The number of carbonyl (C=O) groups is 1. The first kappa shape index (κ1) is 16.6. The van der Waals surface area contributed by atoms with Crippen LogP contribution < -0.4 is 5.43 Å². The van der Waals surface area contributed by atoms with Crippen LogP contribution in [0.5, 0.6) is 0 Å². The number of nitrogens with one attached hydrogen (secondary N) is 1. The molecule has 2 N–H and O–H groups in total. The van der Waals surface area contributed by atoms with Crippen LogP contribution in [0.4, 0.5) is 17.6 Å². The van der Waals surface area contributed by atoms with Crippen LogP contribution in [0.25, 0.3) is 0 Å². The van der Waals surface area contributed by atoms with Gasteiger partial charge in [0.2, 0.25) is 5.72 Å². The molecule has 2 rings (SSSR count). The first-order valence-electron chi connectivity index (χ1n) is 5.94. The number of carbonyl (C=O) groups excluding carboxylic acids is 1. The minimum atomic E-state index is -3.48. The van der Waals surface area contributed by atoms with Gasteiger partial charge in [0.25, 0.3) is 18.4 Å². The molecular formula is C11H11ClF4N4O2. The highest BCUT2D eigenvalue weighted by Gasteiger charge is 2.54. The molecule has 0 aromatic carbocycles. The molecule has 1 aliphatic rings. The summed E-state index contributed by atoms with van der Waals surface area (Å²) in [5.41, 5.74) is -2.36. The van der Waals surface area contributed by atoms with Gasteiger partial charge < -0.3 is 5.11 Å². The smallest absolute Gasteiger partial charge is 0.297 e. The lowest BCUT2D eigenvalue weighted by Crippen LogP contribution is -2.56. The average Bonchev–Trinajstić information content (AvgIpc) is 2.92. The Kier molecular flexibility index (Phi) is 4.09. The second kappa shape index (κ2) is 5.43. The van der Waals surface area contributed by atoms with Gasteiger partial charge in [0, 0.05) is 7.05 Å². The van der Waals surface area contributed by atoms with Crippen molar-refractivity contribution in [3.8, 4) is 0 Å². The minimum Gasteiger partial charge on any atom is -0.364 e. The summed E-state index contributed by atoms with van der Waals surface area (Å²) in [7, 11) is 1.46. The van der Waals surface area contributed by atoms with E-state index in [1.165, 1.54) is 18.7 Å². The molecule has 1 fully saturated rings. The third-order valence-corrected chi connectivity index (χ3v) is 3.77. The Morgan fingerprint density at radius 3 is 2.50 bits per heavy atom. The molecule has 1 unspecified atom stereocenters. The van der Waals surface area contributed by atoms with E-state index in [1.807, 2.05) is 0 Å². The van der Waals surface area contributed by atoms with E-state index in [1.54, 1.807) is 5.43 Å². The van der Waals surface area contributed by atoms with Crippen molar-refractivity contribution in [3.05, 3.63) is 28.2 Å². The number of hydrazine groups is 1. The van der Waals surface area contributed by atoms with E-state index >= 15 is 0 Å². The molecule has 0 aliphatic carbocycles. The second-order valence-corrected chi connectivity index (χ2v) is 5.10. The van der Waals surface area contributed by atoms with E-state index in [0.717, 1.165) is 0 Å². The van der Waals surface area contributed by atoms with Gasteiger partial charge in [0.15, 0.2) is 5.69 Å². The third kappa shape index (κ3) is 2.41. The zero-order valence-corrected chi connectivity index (χ0v) is 12.1. The summed E-state index contributed by atoms with van der Waals surface area (Å²) in [4.78, 5) is 12.3. The summed E-state index contributed by atoms with van der Waals surface area (Å²) in [5.74, 6) is -1.24. The molecular weight excluding hydrogens is 332 g/mol. The van der Waals surface area contributed by atoms with Gasteiger partial charge in [0.05, 0.1) is 17.1 Å². The normalized spacial score (nSPS) is 21.5. The van der Waals surface area contributed by atoms with Gasteiger partial charge in [-0.15, -0.1) is 0 Å². The Balaban J connectivity index is 2.46. The van der Waals surface area contributed by atoms with E-state index in [4.69, 9.17) is 11.6 Å². The molecule has 1 aliphatic heterocycles. The highest BCUT2D eigenvalue weighted by Crippen LogP contribution is 2.36. The molecule has 1 aromatic heterocycles. The topological polar surface area (TPSA) is 70.4 Å². The largest absolute Gasteiger partial charge is 0.364 e. The number of aliphatic hydroxyl groups is 1. The molecule has 0 bridgehead atoms. The molecule has 0 radical (unpaired) electrons. The third-order valence-electron chi connectivity index (χ3n) is 3.32.